The van der Waals surface area contributed by atoms with E-state index in [0.717, 1.165) is 0 Å². The van der Waals surface area contributed by atoms with Crippen molar-refractivity contribution in [1.29, 1.82) is 0 Å². The summed E-state index contributed by atoms with van der Waals surface area (Å²) in [5.74, 6) is 0.694. The van der Waals surface area contributed by atoms with Crippen LogP contribution in [0.1, 0.15) is 34.6 Å². The third-order valence-corrected chi connectivity index (χ3v) is 3.04. The van der Waals surface area contributed by atoms with Crippen LogP contribution >= 0.6 is 0 Å². The van der Waals surface area contributed by atoms with Gasteiger partial charge in [0, 0.05) is 0 Å². The fourth-order valence-electron chi connectivity index (χ4n) is 1.57. The first kappa shape index (κ1) is 24.8. The molecule has 0 bridgehead atoms. The predicted octanol–water partition coefficient (Wildman–Crippen LogP) is -5.68. The van der Waals surface area contributed by atoms with Crippen molar-refractivity contribution in [3.05, 3.63) is 22.3 Å². The molecule has 1 aliphatic carbocycles. The maximum atomic E-state index is 2.28. The molecule has 0 aliphatic heterocycles. The monoisotopic (exact) mass is 381 g/mol. The topological polar surface area (TPSA) is 0 Å². The summed E-state index contributed by atoms with van der Waals surface area (Å²) < 4.78 is 0. The van der Waals surface area contributed by atoms with Gasteiger partial charge in [0.25, 0.3) is 0 Å². The second-order valence-corrected chi connectivity index (χ2v) is 3.34. The van der Waals surface area contributed by atoms with E-state index in [9.17, 15) is 0 Å². The maximum Gasteiger partial charge on any atom is 3.00 e. The minimum atomic E-state index is 0. The van der Waals surface area contributed by atoms with Crippen LogP contribution < -0.4 is 37.2 Å². The van der Waals surface area contributed by atoms with Gasteiger partial charge in [-0.25, -0.2) is 0 Å². The zero-order valence-corrected chi connectivity index (χ0v) is 14.6. The normalized spacial score (nSPS) is 15.2. The molecule has 0 aromatic heterocycles. The number of halogens is 3. The molecule has 0 saturated heterocycles. The van der Waals surface area contributed by atoms with E-state index in [1.54, 1.807) is 11.1 Å². The van der Waals surface area contributed by atoms with Gasteiger partial charge < -0.3 is 37.2 Å². The van der Waals surface area contributed by atoms with Gasteiger partial charge in [0.1, 0.15) is 0 Å². The molecule has 0 heterocycles. The number of hydrogen-bond acceptors (Lipinski definition) is 0. The molecule has 0 spiro atoms. The second kappa shape index (κ2) is 9.92. The van der Waals surface area contributed by atoms with E-state index in [1.165, 1.54) is 11.1 Å². The molecular weight excluding hydrogens is 367 g/mol. The van der Waals surface area contributed by atoms with Gasteiger partial charge in [0.15, 0.2) is 0 Å². The van der Waals surface area contributed by atoms with Crippen molar-refractivity contribution in [2.24, 2.45) is 5.92 Å². The molecule has 4 heteroatoms. The molecule has 0 unspecified atom stereocenters. The zero-order valence-electron chi connectivity index (χ0n) is 9.21. The van der Waals surface area contributed by atoms with Gasteiger partial charge in [0.2, 0.25) is 0 Å². The van der Waals surface area contributed by atoms with Gasteiger partial charge in [-0.1, -0.05) is 18.1 Å². The Morgan fingerprint density at radius 2 is 0.929 bits per heavy atom. The second-order valence-electron chi connectivity index (χ2n) is 3.34. The number of allylic oxidation sites excluding steroid dienone is 4. The summed E-state index contributed by atoms with van der Waals surface area (Å²) in [6.07, 6.45) is 0. The van der Waals surface area contributed by atoms with Crippen LogP contribution in [0.5, 0.6) is 0 Å². The number of rotatable bonds is 0. The molecule has 0 N–H and O–H groups in total. The van der Waals surface area contributed by atoms with E-state index in [2.05, 4.69) is 34.6 Å². The number of hydrogen-bond donors (Lipinski definition) is 0. The minimum absolute atomic E-state index is 0. The molecule has 0 saturated carbocycles. The quantitative estimate of drug-likeness (QED) is 0.392. The van der Waals surface area contributed by atoms with Gasteiger partial charge in [-0.3, -0.25) is 0 Å². The molecule has 0 atom stereocenters. The first-order valence-electron chi connectivity index (χ1n) is 3.90. The van der Waals surface area contributed by atoms with Crippen molar-refractivity contribution in [3.63, 3.8) is 0 Å². The molecule has 1 radical (unpaired) electrons. The average Bonchev–Trinajstić information content (AvgIpc) is 2.07. The SMILES string of the molecule is CC1=C(C)C(C)C(C)=C1C.[Ce+3].[Cl-].[Cl-].[Cl-]. The van der Waals surface area contributed by atoms with E-state index in [-0.39, 0.29) is 79.0 Å². The van der Waals surface area contributed by atoms with E-state index >= 15 is 0 Å². The zero-order chi connectivity index (χ0) is 7.89. The summed E-state index contributed by atoms with van der Waals surface area (Å²) in [5.41, 5.74) is 6.11. The molecule has 81 valence electrons. The van der Waals surface area contributed by atoms with Crippen molar-refractivity contribution >= 4 is 0 Å². The molecule has 0 aromatic carbocycles. The fourth-order valence-corrected chi connectivity index (χ4v) is 1.57. The molecule has 1 aliphatic rings. The molecule has 0 fully saturated rings. The summed E-state index contributed by atoms with van der Waals surface area (Å²) in [5, 5.41) is 0. The molecule has 14 heavy (non-hydrogen) atoms. The van der Waals surface area contributed by atoms with E-state index < -0.39 is 0 Å². The molecule has 0 nitrogen and oxygen atoms in total. The average molecular weight is 383 g/mol. The van der Waals surface area contributed by atoms with Crippen LogP contribution in [0, 0.1) is 47.7 Å². The Morgan fingerprint density at radius 3 is 1.00 bits per heavy atom. The fraction of sp³-hybridized carbons (Fsp3) is 0.600. The van der Waals surface area contributed by atoms with Gasteiger partial charge in [-0.2, -0.15) is 0 Å². The van der Waals surface area contributed by atoms with Crippen molar-refractivity contribution in [2.45, 2.75) is 34.6 Å². The van der Waals surface area contributed by atoms with Crippen LogP contribution in [0.3, 0.4) is 0 Å². The maximum absolute atomic E-state index is 2.28. The Kier molecular flexibility index (Phi) is 17.6. The van der Waals surface area contributed by atoms with Crippen LogP contribution in [0.15, 0.2) is 22.3 Å². The van der Waals surface area contributed by atoms with Crippen molar-refractivity contribution in [3.8, 4) is 0 Å². The van der Waals surface area contributed by atoms with E-state index in [4.69, 9.17) is 0 Å². The Morgan fingerprint density at radius 1 is 0.714 bits per heavy atom. The third kappa shape index (κ3) is 4.71. The van der Waals surface area contributed by atoms with Crippen LogP contribution in [0.25, 0.3) is 0 Å². The first-order valence-corrected chi connectivity index (χ1v) is 3.90. The predicted molar refractivity (Wildman–Crippen MR) is 45.9 cm³/mol. The standard InChI is InChI=1S/C10H16.Ce.3ClH/c1-6-7(2)9(4)10(5)8(6)3;;;;/h6H,1-5H3;;3*1H/q;+3;;;/p-3. The Balaban J connectivity index is -0.000000125. The Labute approximate surface area is 140 Å². The van der Waals surface area contributed by atoms with Crippen molar-refractivity contribution in [2.75, 3.05) is 0 Å². The molecule has 0 amide bonds. The largest absolute Gasteiger partial charge is 3.00 e. The third-order valence-electron chi connectivity index (χ3n) is 3.04. The summed E-state index contributed by atoms with van der Waals surface area (Å²) in [6.45, 7) is 11.2. The van der Waals surface area contributed by atoms with E-state index in [0.29, 0.717) is 5.92 Å². The Hall–Kier alpha value is 1.73. The summed E-state index contributed by atoms with van der Waals surface area (Å²) in [7, 11) is 0. The first-order chi connectivity index (χ1) is 4.55. The van der Waals surface area contributed by atoms with Gasteiger partial charge in [-0.15, -0.1) is 0 Å². The molecule has 0 aromatic rings. The van der Waals surface area contributed by atoms with Gasteiger partial charge in [0.05, 0.1) is 0 Å². The van der Waals surface area contributed by atoms with Crippen LogP contribution in [0.2, 0.25) is 0 Å². The summed E-state index contributed by atoms with van der Waals surface area (Å²) >= 11 is 0. The van der Waals surface area contributed by atoms with Crippen molar-refractivity contribution < 1.29 is 79.0 Å². The summed E-state index contributed by atoms with van der Waals surface area (Å²) in [6, 6.07) is 0. The smallest absolute Gasteiger partial charge is 1.00 e. The van der Waals surface area contributed by atoms with Crippen molar-refractivity contribution in [1.82, 2.24) is 0 Å². The van der Waals surface area contributed by atoms with E-state index in [1.807, 2.05) is 0 Å². The summed E-state index contributed by atoms with van der Waals surface area (Å²) in [4.78, 5) is 0. The Bertz CT molecular complexity index is 208. The van der Waals surface area contributed by atoms with Gasteiger partial charge in [-0.05, 0) is 44.8 Å². The molecule has 1 rings (SSSR count). The van der Waals surface area contributed by atoms with Crippen LogP contribution in [-0.2, 0) is 0 Å². The molecular formula is C10H16CeCl3. The van der Waals surface area contributed by atoms with Crippen LogP contribution in [-0.4, -0.2) is 0 Å². The van der Waals surface area contributed by atoms with Crippen LogP contribution in [0.4, 0.5) is 0 Å². The minimum Gasteiger partial charge on any atom is -1.00 e. The van der Waals surface area contributed by atoms with Gasteiger partial charge >= 0.3 is 41.7 Å².